The molecule has 0 aromatic heterocycles. The van der Waals surface area contributed by atoms with Crippen LogP contribution in [0.15, 0.2) is 65.6 Å². The van der Waals surface area contributed by atoms with E-state index in [4.69, 9.17) is 0 Å². The molecule has 0 unspecified atom stereocenters. The van der Waals surface area contributed by atoms with E-state index >= 15 is 0 Å². The summed E-state index contributed by atoms with van der Waals surface area (Å²) in [7, 11) is -3.71. The molecule has 1 amide bonds. The predicted octanol–water partition coefficient (Wildman–Crippen LogP) is 2.66. The Morgan fingerprint density at radius 3 is 2.12 bits per heavy atom. The van der Waals surface area contributed by atoms with E-state index in [2.05, 4.69) is 17.0 Å². The van der Waals surface area contributed by atoms with Gasteiger partial charge in [-0.1, -0.05) is 55.5 Å². The third kappa shape index (κ3) is 5.41. The van der Waals surface area contributed by atoms with Gasteiger partial charge in [0.1, 0.15) is 0 Å². The smallest absolute Gasteiger partial charge is 0.241 e. The summed E-state index contributed by atoms with van der Waals surface area (Å²) in [6, 6.07) is 17.1. The van der Waals surface area contributed by atoms with E-state index in [1.807, 2.05) is 30.3 Å². The van der Waals surface area contributed by atoms with Gasteiger partial charge in [-0.05, 0) is 31.0 Å². The highest BCUT2D eigenvalue weighted by atomic mass is 32.2. The third-order valence-electron chi connectivity index (χ3n) is 4.07. The van der Waals surface area contributed by atoms with Crippen molar-refractivity contribution in [3.8, 4) is 0 Å². The van der Waals surface area contributed by atoms with E-state index in [1.54, 1.807) is 25.1 Å². The average Bonchev–Trinajstić information content (AvgIpc) is 2.63. The molecule has 0 aliphatic rings. The maximum Gasteiger partial charge on any atom is 0.241 e. The van der Waals surface area contributed by atoms with Crippen molar-refractivity contribution in [1.82, 2.24) is 10.0 Å². The highest BCUT2D eigenvalue weighted by molar-refractivity contribution is 7.89. The van der Waals surface area contributed by atoms with Crippen LogP contribution in [0.3, 0.4) is 0 Å². The summed E-state index contributed by atoms with van der Waals surface area (Å²) in [4.78, 5) is 12.4. The second kappa shape index (κ2) is 8.78. The zero-order chi connectivity index (χ0) is 18.3. The second-order valence-electron chi connectivity index (χ2n) is 5.92. The van der Waals surface area contributed by atoms with E-state index in [0.29, 0.717) is 6.54 Å². The Morgan fingerprint density at radius 1 is 1.00 bits per heavy atom. The molecule has 0 heterocycles. The van der Waals surface area contributed by atoms with Crippen LogP contribution < -0.4 is 10.0 Å². The Morgan fingerprint density at radius 2 is 1.56 bits per heavy atom. The van der Waals surface area contributed by atoms with Gasteiger partial charge in [-0.15, -0.1) is 0 Å². The number of sulfonamides is 1. The molecule has 25 heavy (non-hydrogen) atoms. The van der Waals surface area contributed by atoms with Crippen molar-refractivity contribution in [2.75, 3.05) is 6.54 Å². The number of benzene rings is 2. The third-order valence-corrected chi connectivity index (χ3v) is 5.62. The van der Waals surface area contributed by atoms with E-state index in [0.717, 1.165) is 12.0 Å². The standard InChI is InChI=1S/C19H24N2O3S/c1-3-16(17-10-6-4-7-11-17)14-20-19(22)15(2)21-25(23,24)18-12-8-5-9-13-18/h4-13,15-16,21H,3,14H2,1-2H3,(H,20,22)/t15-,16+/m0/s1. The topological polar surface area (TPSA) is 75.3 Å². The van der Waals surface area contributed by atoms with Crippen LogP contribution in [0.25, 0.3) is 0 Å². The van der Waals surface area contributed by atoms with Crippen molar-refractivity contribution in [2.24, 2.45) is 0 Å². The van der Waals surface area contributed by atoms with Gasteiger partial charge < -0.3 is 5.32 Å². The molecule has 0 aliphatic heterocycles. The van der Waals surface area contributed by atoms with Crippen LogP contribution in [0.2, 0.25) is 0 Å². The van der Waals surface area contributed by atoms with Crippen molar-refractivity contribution in [2.45, 2.75) is 37.1 Å². The number of amides is 1. The molecular weight excluding hydrogens is 336 g/mol. The van der Waals surface area contributed by atoms with Crippen LogP contribution in [0, 0.1) is 0 Å². The molecule has 0 bridgehead atoms. The normalized spacial score (nSPS) is 13.8. The summed E-state index contributed by atoms with van der Waals surface area (Å²) in [5.41, 5.74) is 1.16. The van der Waals surface area contributed by atoms with Crippen LogP contribution in [-0.4, -0.2) is 26.9 Å². The number of rotatable bonds is 8. The minimum absolute atomic E-state index is 0.144. The first-order valence-corrected chi connectivity index (χ1v) is 9.82. The summed E-state index contributed by atoms with van der Waals surface area (Å²) in [6.45, 7) is 4.07. The molecule has 6 heteroatoms. The molecule has 0 saturated heterocycles. The first kappa shape index (κ1) is 19.1. The van der Waals surface area contributed by atoms with Crippen LogP contribution >= 0.6 is 0 Å². The van der Waals surface area contributed by atoms with Crippen LogP contribution in [0.1, 0.15) is 31.7 Å². The van der Waals surface area contributed by atoms with Crippen LogP contribution in [-0.2, 0) is 14.8 Å². The minimum Gasteiger partial charge on any atom is -0.354 e. The SMILES string of the molecule is CC[C@H](CNC(=O)[C@H](C)NS(=O)(=O)c1ccccc1)c1ccccc1. The van der Waals surface area contributed by atoms with Crippen LogP contribution in [0.5, 0.6) is 0 Å². The Labute approximate surface area is 149 Å². The molecule has 0 saturated carbocycles. The highest BCUT2D eigenvalue weighted by Gasteiger charge is 2.22. The molecule has 0 fully saturated rings. The van der Waals surface area contributed by atoms with Gasteiger partial charge in [0.05, 0.1) is 10.9 Å². The van der Waals surface area contributed by atoms with E-state index in [1.165, 1.54) is 12.1 Å². The van der Waals surface area contributed by atoms with Crippen molar-refractivity contribution >= 4 is 15.9 Å². The molecule has 2 rings (SSSR count). The van der Waals surface area contributed by atoms with Gasteiger partial charge in [-0.2, -0.15) is 4.72 Å². The molecule has 0 spiro atoms. The monoisotopic (exact) mass is 360 g/mol. The van der Waals surface area contributed by atoms with Gasteiger partial charge in [-0.3, -0.25) is 4.79 Å². The van der Waals surface area contributed by atoms with Crippen molar-refractivity contribution < 1.29 is 13.2 Å². The average molecular weight is 360 g/mol. The first-order chi connectivity index (χ1) is 11.9. The maximum atomic E-state index is 12.3. The zero-order valence-corrected chi connectivity index (χ0v) is 15.3. The number of nitrogens with one attached hydrogen (secondary N) is 2. The van der Waals surface area contributed by atoms with Gasteiger partial charge in [-0.25, -0.2) is 8.42 Å². The molecule has 0 radical (unpaired) electrons. The van der Waals surface area contributed by atoms with Crippen molar-refractivity contribution in [1.29, 1.82) is 0 Å². The fourth-order valence-corrected chi connectivity index (χ4v) is 3.78. The molecule has 2 aromatic rings. The Kier molecular flexibility index (Phi) is 6.73. The molecule has 5 nitrogen and oxygen atoms in total. The van der Waals surface area contributed by atoms with E-state index in [-0.39, 0.29) is 16.7 Å². The molecular formula is C19H24N2O3S. The zero-order valence-electron chi connectivity index (χ0n) is 14.5. The van der Waals surface area contributed by atoms with Gasteiger partial charge in [0, 0.05) is 12.5 Å². The summed E-state index contributed by atoms with van der Waals surface area (Å²) in [5, 5.41) is 2.84. The largest absolute Gasteiger partial charge is 0.354 e. The summed E-state index contributed by atoms with van der Waals surface area (Å²) < 4.78 is 27.0. The number of carbonyl (C=O) groups is 1. The van der Waals surface area contributed by atoms with Gasteiger partial charge >= 0.3 is 0 Å². The maximum absolute atomic E-state index is 12.3. The van der Waals surface area contributed by atoms with E-state index in [9.17, 15) is 13.2 Å². The lowest BCUT2D eigenvalue weighted by molar-refractivity contribution is -0.122. The first-order valence-electron chi connectivity index (χ1n) is 8.34. The molecule has 2 aromatic carbocycles. The Bertz CT molecular complexity index is 777. The van der Waals surface area contributed by atoms with E-state index < -0.39 is 16.1 Å². The van der Waals surface area contributed by atoms with Crippen molar-refractivity contribution in [3.63, 3.8) is 0 Å². The van der Waals surface area contributed by atoms with Gasteiger partial charge in [0.25, 0.3) is 0 Å². The fourth-order valence-electron chi connectivity index (χ4n) is 2.55. The predicted molar refractivity (Wildman–Crippen MR) is 98.7 cm³/mol. The lowest BCUT2D eigenvalue weighted by Crippen LogP contribution is -2.45. The minimum atomic E-state index is -3.71. The molecule has 134 valence electrons. The summed E-state index contributed by atoms with van der Waals surface area (Å²) in [5.74, 6) is -0.142. The quantitative estimate of drug-likeness (QED) is 0.760. The van der Waals surface area contributed by atoms with Gasteiger partial charge in [0.2, 0.25) is 15.9 Å². The molecule has 2 atom stereocenters. The van der Waals surface area contributed by atoms with Gasteiger partial charge in [0.15, 0.2) is 0 Å². The second-order valence-corrected chi connectivity index (χ2v) is 7.63. The van der Waals surface area contributed by atoms with Crippen LogP contribution in [0.4, 0.5) is 0 Å². The summed E-state index contributed by atoms with van der Waals surface area (Å²) >= 11 is 0. The lowest BCUT2D eigenvalue weighted by Gasteiger charge is -2.19. The molecule has 2 N–H and O–H groups in total. The van der Waals surface area contributed by atoms with Crippen molar-refractivity contribution in [3.05, 3.63) is 66.2 Å². The fraction of sp³-hybridized carbons (Fsp3) is 0.316. The number of hydrogen-bond donors (Lipinski definition) is 2. The summed E-state index contributed by atoms with van der Waals surface area (Å²) in [6.07, 6.45) is 0.883. The number of hydrogen-bond acceptors (Lipinski definition) is 3. The Hall–Kier alpha value is -2.18. The number of carbonyl (C=O) groups excluding carboxylic acids is 1. The lowest BCUT2D eigenvalue weighted by atomic mass is 9.96. The Balaban J connectivity index is 1.94. The molecule has 0 aliphatic carbocycles. The highest BCUT2D eigenvalue weighted by Crippen LogP contribution is 2.18.